The molecule has 0 fully saturated rings. The number of hydrogen-bond donors (Lipinski definition) is 0. The van der Waals surface area contributed by atoms with E-state index in [-0.39, 0.29) is 5.82 Å². The SMILES string of the molecule is CCCN(CC#Cc1cc(C)cc(F)c1)CCC. The Morgan fingerprint density at radius 2 is 1.78 bits per heavy atom. The lowest BCUT2D eigenvalue weighted by Crippen LogP contribution is -2.25. The second-order valence-corrected chi connectivity index (χ2v) is 4.60. The lowest BCUT2D eigenvalue weighted by atomic mass is 10.1. The summed E-state index contributed by atoms with van der Waals surface area (Å²) in [5, 5.41) is 0. The van der Waals surface area contributed by atoms with E-state index in [1.54, 1.807) is 0 Å². The molecule has 1 rings (SSSR count). The predicted octanol–water partition coefficient (Wildman–Crippen LogP) is 3.61. The number of aryl methyl sites for hydroxylation is 1. The number of halogens is 1. The zero-order chi connectivity index (χ0) is 13.4. The lowest BCUT2D eigenvalue weighted by molar-refractivity contribution is 0.308. The van der Waals surface area contributed by atoms with E-state index < -0.39 is 0 Å². The van der Waals surface area contributed by atoms with Gasteiger partial charge in [-0.2, -0.15) is 0 Å². The molecule has 0 N–H and O–H groups in total. The highest BCUT2D eigenvalue weighted by molar-refractivity contribution is 5.37. The molecule has 0 saturated carbocycles. The van der Waals surface area contributed by atoms with Crippen LogP contribution in [0.5, 0.6) is 0 Å². The molecule has 98 valence electrons. The van der Waals surface area contributed by atoms with Crippen molar-refractivity contribution in [3.05, 3.63) is 35.1 Å². The molecule has 0 aromatic heterocycles. The highest BCUT2D eigenvalue weighted by Gasteiger charge is 1.99. The maximum Gasteiger partial charge on any atom is 0.124 e. The minimum absolute atomic E-state index is 0.210. The second-order valence-electron chi connectivity index (χ2n) is 4.60. The molecule has 0 saturated heterocycles. The molecule has 0 aliphatic carbocycles. The van der Waals surface area contributed by atoms with Crippen LogP contribution in [-0.4, -0.2) is 24.5 Å². The van der Waals surface area contributed by atoms with Crippen LogP contribution in [0.15, 0.2) is 18.2 Å². The summed E-state index contributed by atoms with van der Waals surface area (Å²) in [6.07, 6.45) is 2.28. The molecule has 0 heterocycles. The van der Waals surface area contributed by atoms with Gasteiger partial charge in [-0.05, 0) is 56.6 Å². The van der Waals surface area contributed by atoms with Gasteiger partial charge in [0.1, 0.15) is 5.82 Å². The number of rotatable bonds is 5. The molecule has 1 aromatic carbocycles. The molecule has 0 spiro atoms. The van der Waals surface area contributed by atoms with Gasteiger partial charge in [0.15, 0.2) is 0 Å². The van der Waals surface area contributed by atoms with E-state index >= 15 is 0 Å². The Morgan fingerprint density at radius 3 is 2.33 bits per heavy atom. The van der Waals surface area contributed by atoms with Crippen LogP contribution >= 0.6 is 0 Å². The van der Waals surface area contributed by atoms with Crippen LogP contribution in [0.4, 0.5) is 4.39 Å². The fourth-order valence-corrected chi connectivity index (χ4v) is 1.96. The van der Waals surface area contributed by atoms with E-state index in [2.05, 4.69) is 30.6 Å². The van der Waals surface area contributed by atoms with Crippen LogP contribution in [0.1, 0.15) is 37.8 Å². The van der Waals surface area contributed by atoms with Crippen molar-refractivity contribution >= 4 is 0 Å². The molecule has 18 heavy (non-hydrogen) atoms. The monoisotopic (exact) mass is 247 g/mol. The Labute approximate surface area is 110 Å². The van der Waals surface area contributed by atoms with Crippen molar-refractivity contribution in [1.29, 1.82) is 0 Å². The Kier molecular flexibility index (Phi) is 6.46. The highest BCUT2D eigenvalue weighted by Crippen LogP contribution is 2.06. The quantitative estimate of drug-likeness (QED) is 0.718. The van der Waals surface area contributed by atoms with E-state index in [9.17, 15) is 4.39 Å². The summed E-state index contributed by atoms with van der Waals surface area (Å²) in [5.41, 5.74) is 1.68. The van der Waals surface area contributed by atoms with E-state index in [1.165, 1.54) is 12.1 Å². The van der Waals surface area contributed by atoms with Crippen molar-refractivity contribution in [3.63, 3.8) is 0 Å². The van der Waals surface area contributed by atoms with Gasteiger partial charge in [-0.25, -0.2) is 4.39 Å². The first-order chi connectivity index (χ1) is 8.65. The summed E-state index contributed by atoms with van der Waals surface area (Å²) < 4.78 is 13.2. The Bertz CT molecular complexity index is 402. The van der Waals surface area contributed by atoms with E-state index in [1.807, 2.05) is 13.0 Å². The summed E-state index contributed by atoms with van der Waals surface area (Å²) in [5.74, 6) is 5.97. The van der Waals surface area contributed by atoms with Crippen molar-refractivity contribution in [3.8, 4) is 11.8 Å². The topological polar surface area (TPSA) is 3.24 Å². The summed E-state index contributed by atoms with van der Waals surface area (Å²) in [6, 6.07) is 4.93. The first kappa shape index (κ1) is 14.7. The minimum atomic E-state index is -0.210. The maximum atomic E-state index is 13.2. The summed E-state index contributed by atoms with van der Waals surface area (Å²) >= 11 is 0. The van der Waals surface area contributed by atoms with Crippen LogP contribution in [0.3, 0.4) is 0 Å². The third kappa shape index (κ3) is 5.33. The van der Waals surface area contributed by atoms with Crippen molar-refractivity contribution in [2.45, 2.75) is 33.6 Å². The zero-order valence-corrected chi connectivity index (χ0v) is 11.6. The lowest BCUT2D eigenvalue weighted by Gasteiger charge is -2.17. The first-order valence-electron chi connectivity index (χ1n) is 6.64. The van der Waals surface area contributed by atoms with Crippen LogP contribution in [-0.2, 0) is 0 Å². The summed E-state index contributed by atoms with van der Waals surface area (Å²) in [7, 11) is 0. The van der Waals surface area contributed by atoms with E-state index in [0.717, 1.165) is 43.6 Å². The summed E-state index contributed by atoms with van der Waals surface area (Å²) in [6.45, 7) is 9.14. The molecule has 1 nitrogen and oxygen atoms in total. The zero-order valence-electron chi connectivity index (χ0n) is 11.6. The maximum absolute atomic E-state index is 13.2. The van der Waals surface area contributed by atoms with Gasteiger partial charge in [0.05, 0.1) is 6.54 Å². The van der Waals surface area contributed by atoms with Gasteiger partial charge in [-0.1, -0.05) is 25.7 Å². The average molecular weight is 247 g/mol. The van der Waals surface area contributed by atoms with Crippen LogP contribution in [0, 0.1) is 24.6 Å². The van der Waals surface area contributed by atoms with Crippen LogP contribution in [0.25, 0.3) is 0 Å². The molecule has 0 amide bonds. The van der Waals surface area contributed by atoms with Gasteiger partial charge in [0.2, 0.25) is 0 Å². The van der Waals surface area contributed by atoms with Gasteiger partial charge < -0.3 is 0 Å². The third-order valence-electron chi connectivity index (χ3n) is 2.66. The molecule has 0 aliphatic rings. The second kappa shape index (κ2) is 7.89. The van der Waals surface area contributed by atoms with E-state index in [0.29, 0.717) is 0 Å². The third-order valence-corrected chi connectivity index (χ3v) is 2.66. The fraction of sp³-hybridized carbons (Fsp3) is 0.500. The van der Waals surface area contributed by atoms with Crippen LogP contribution < -0.4 is 0 Å². The minimum Gasteiger partial charge on any atom is -0.292 e. The van der Waals surface area contributed by atoms with Gasteiger partial charge in [0, 0.05) is 5.56 Å². The molecule has 0 radical (unpaired) electrons. The Hall–Kier alpha value is -1.33. The molecule has 2 heteroatoms. The van der Waals surface area contributed by atoms with Crippen LogP contribution in [0.2, 0.25) is 0 Å². The number of benzene rings is 1. The van der Waals surface area contributed by atoms with E-state index in [4.69, 9.17) is 0 Å². The Morgan fingerprint density at radius 1 is 1.11 bits per heavy atom. The molecule has 0 unspecified atom stereocenters. The van der Waals surface area contributed by atoms with Gasteiger partial charge in [-0.15, -0.1) is 0 Å². The molecular formula is C16H22FN. The van der Waals surface area contributed by atoms with Gasteiger partial charge in [0.25, 0.3) is 0 Å². The molecule has 1 aromatic rings. The largest absolute Gasteiger partial charge is 0.292 e. The molecular weight excluding hydrogens is 225 g/mol. The standard InChI is InChI=1S/C16H22FN/c1-4-8-18(9-5-2)10-6-7-15-11-14(3)12-16(17)13-15/h11-13H,4-5,8-10H2,1-3H3. The molecule has 0 bridgehead atoms. The molecule has 0 atom stereocenters. The average Bonchev–Trinajstić information content (AvgIpc) is 2.28. The first-order valence-corrected chi connectivity index (χ1v) is 6.64. The van der Waals surface area contributed by atoms with Crippen molar-refractivity contribution in [2.75, 3.05) is 19.6 Å². The highest BCUT2D eigenvalue weighted by atomic mass is 19.1. The predicted molar refractivity (Wildman–Crippen MR) is 75.0 cm³/mol. The van der Waals surface area contributed by atoms with Crippen molar-refractivity contribution in [1.82, 2.24) is 4.90 Å². The fourth-order valence-electron chi connectivity index (χ4n) is 1.96. The summed E-state index contributed by atoms with van der Waals surface area (Å²) in [4.78, 5) is 2.33. The molecule has 0 aliphatic heterocycles. The van der Waals surface area contributed by atoms with Gasteiger partial charge in [-0.3, -0.25) is 4.90 Å². The number of hydrogen-bond acceptors (Lipinski definition) is 1. The van der Waals surface area contributed by atoms with Crippen molar-refractivity contribution < 1.29 is 4.39 Å². The van der Waals surface area contributed by atoms with Crippen molar-refractivity contribution in [2.24, 2.45) is 0 Å². The number of nitrogens with zero attached hydrogens (tertiary/aromatic N) is 1. The normalized spacial score (nSPS) is 10.3. The van der Waals surface area contributed by atoms with Gasteiger partial charge >= 0.3 is 0 Å². The Balaban J connectivity index is 2.63. The smallest absolute Gasteiger partial charge is 0.124 e.